The third kappa shape index (κ3) is 2.66. The number of hydrogen-bond donors (Lipinski definition) is 0. The van der Waals surface area contributed by atoms with Crippen LogP contribution in [0.2, 0.25) is 0 Å². The fourth-order valence-corrected chi connectivity index (χ4v) is 2.43. The molecular formula is C13H15NS. The van der Waals surface area contributed by atoms with Crippen molar-refractivity contribution in [2.45, 2.75) is 26.2 Å². The van der Waals surface area contributed by atoms with Crippen molar-refractivity contribution < 1.29 is 0 Å². The van der Waals surface area contributed by atoms with E-state index in [-0.39, 0.29) is 0 Å². The van der Waals surface area contributed by atoms with E-state index in [0.29, 0.717) is 5.92 Å². The lowest BCUT2D eigenvalue weighted by Gasteiger charge is -1.98. The molecule has 0 atom stereocenters. The van der Waals surface area contributed by atoms with Gasteiger partial charge in [-0.05, 0) is 11.5 Å². The molecule has 2 heteroatoms. The van der Waals surface area contributed by atoms with Crippen LogP contribution in [0.3, 0.4) is 0 Å². The molecule has 0 saturated carbocycles. The van der Waals surface area contributed by atoms with Gasteiger partial charge in [-0.15, -0.1) is 11.3 Å². The van der Waals surface area contributed by atoms with E-state index in [9.17, 15) is 0 Å². The highest BCUT2D eigenvalue weighted by atomic mass is 32.1. The molecule has 0 spiro atoms. The van der Waals surface area contributed by atoms with E-state index >= 15 is 0 Å². The molecule has 0 radical (unpaired) electrons. The van der Waals surface area contributed by atoms with E-state index in [1.165, 1.54) is 16.3 Å². The van der Waals surface area contributed by atoms with E-state index in [1.807, 2.05) is 6.07 Å². The molecule has 0 unspecified atom stereocenters. The Morgan fingerprint density at radius 3 is 2.53 bits per heavy atom. The highest BCUT2D eigenvalue weighted by Gasteiger charge is 2.05. The first-order chi connectivity index (χ1) is 7.25. The Bertz CT molecular complexity index is 417. The van der Waals surface area contributed by atoms with Gasteiger partial charge in [-0.3, -0.25) is 0 Å². The molecule has 78 valence electrons. The first kappa shape index (κ1) is 10.4. The van der Waals surface area contributed by atoms with Crippen LogP contribution in [0.5, 0.6) is 0 Å². The van der Waals surface area contributed by atoms with Crippen molar-refractivity contribution in [3.8, 4) is 0 Å². The van der Waals surface area contributed by atoms with Gasteiger partial charge in [-0.2, -0.15) is 0 Å². The number of thiazole rings is 1. The second kappa shape index (κ2) is 4.58. The van der Waals surface area contributed by atoms with Gasteiger partial charge in [0.25, 0.3) is 0 Å². The lowest BCUT2D eigenvalue weighted by atomic mass is 10.1. The molecule has 0 bridgehead atoms. The quantitative estimate of drug-likeness (QED) is 0.760. The van der Waals surface area contributed by atoms with Gasteiger partial charge in [0.1, 0.15) is 0 Å². The molecule has 0 N–H and O–H groups in total. The van der Waals surface area contributed by atoms with Crippen LogP contribution in [0.25, 0.3) is 0 Å². The maximum atomic E-state index is 4.62. The number of nitrogens with zero attached hydrogens (tertiary/aromatic N) is 1. The minimum atomic E-state index is 0.533. The molecule has 0 aliphatic carbocycles. The van der Waals surface area contributed by atoms with Crippen LogP contribution < -0.4 is 0 Å². The lowest BCUT2D eigenvalue weighted by Crippen LogP contribution is -1.90. The second-order valence-corrected chi connectivity index (χ2v) is 4.93. The Morgan fingerprint density at radius 1 is 1.20 bits per heavy atom. The minimum absolute atomic E-state index is 0.533. The van der Waals surface area contributed by atoms with Crippen molar-refractivity contribution in [3.05, 3.63) is 52.0 Å². The Hall–Kier alpha value is -1.15. The third-order valence-corrected chi connectivity index (χ3v) is 3.23. The summed E-state index contributed by atoms with van der Waals surface area (Å²) in [6.45, 7) is 4.36. The Labute approximate surface area is 94.8 Å². The summed E-state index contributed by atoms with van der Waals surface area (Å²) in [5.41, 5.74) is 2.55. The highest BCUT2D eigenvalue weighted by molar-refractivity contribution is 7.09. The molecule has 1 aromatic carbocycles. The van der Waals surface area contributed by atoms with Gasteiger partial charge in [0.05, 0.1) is 10.7 Å². The standard InChI is InChI=1S/C13H15NS/c1-10(2)12-9-15-13(14-12)8-11-6-4-3-5-7-11/h3-7,9-10H,8H2,1-2H3. The summed E-state index contributed by atoms with van der Waals surface area (Å²) < 4.78 is 0. The molecule has 0 aliphatic heterocycles. The first-order valence-electron chi connectivity index (χ1n) is 5.24. The summed E-state index contributed by atoms with van der Waals surface area (Å²) in [5, 5.41) is 3.38. The number of aromatic nitrogens is 1. The topological polar surface area (TPSA) is 12.9 Å². The van der Waals surface area contributed by atoms with Crippen LogP contribution in [-0.2, 0) is 6.42 Å². The van der Waals surface area contributed by atoms with E-state index in [1.54, 1.807) is 11.3 Å². The molecule has 0 fully saturated rings. The van der Waals surface area contributed by atoms with Crippen LogP contribution in [0.4, 0.5) is 0 Å². The zero-order valence-corrected chi connectivity index (χ0v) is 9.92. The van der Waals surface area contributed by atoms with Crippen LogP contribution in [0.15, 0.2) is 35.7 Å². The zero-order chi connectivity index (χ0) is 10.7. The van der Waals surface area contributed by atoms with Gasteiger partial charge in [0.15, 0.2) is 0 Å². The minimum Gasteiger partial charge on any atom is -0.246 e. The van der Waals surface area contributed by atoms with Gasteiger partial charge in [-0.25, -0.2) is 4.98 Å². The Kier molecular flexibility index (Phi) is 3.17. The predicted molar refractivity (Wildman–Crippen MR) is 65.5 cm³/mol. The molecule has 1 heterocycles. The SMILES string of the molecule is CC(C)c1csc(Cc2ccccc2)n1. The fourth-order valence-electron chi connectivity index (χ4n) is 1.44. The van der Waals surface area contributed by atoms with E-state index in [4.69, 9.17) is 0 Å². The molecular weight excluding hydrogens is 202 g/mol. The van der Waals surface area contributed by atoms with E-state index in [0.717, 1.165) is 6.42 Å². The number of hydrogen-bond acceptors (Lipinski definition) is 2. The molecule has 1 nitrogen and oxygen atoms in total. The summed E-state index contributed by atoms with van der Waals surface area (Å²) in [5.74, 6) is 0.533. The first-order valence-corrected chi connectivity index (χ1v) is 6.12. The normalized spacial score (nSPS) is 10.9. The van der Waals surface area contributed by atoms with Crippen LogP contribution in [0.1, 0.15) is 36.0 Å². The largest absolute Gasteiger partial charge is 0.246 e. The smallest absolute Gasteiger partial charge is 0.0972 e. The summed E-state index contributed by atoms with van der Waals surface area (Å²) in [6, 6.07) is 10.5. The fraction of sp³-hybridized carbons (Fsp3) is 0.308. The van der Waals surface area contributed by atoms with Gasteiger partial charge in [0.2, 0.25) is 0 Å². The van der Waals surface area contributed by atoms with Crippen molar-refractivity contribution in [2.24, 2.45) is 0 Å². The molecule has 2 rings (SSSR count). The summed E-state index contributed by atoms with van der Waals surface area (Å²) in [6.07, 6.45) is 0.957. The number of benzene rings is 1. The highest BCUT2D eigenvalue weighted by Crippen LogP contribution is 2.19. The monoisotopic (exact) mass is 217 g/mol. The average Bonchev–Trinajstić information content (AvgIpc) is 2.68. The molecule has 15 heavy (non-hydrogen) atoms. The van der Waals surface area contributed by atoms with Crippen LogP contribution in [-0.4, -0.2) is 4.98 Å². The van der Waals surface area contributed by atoms with Crippen molar-refractivity contribution >= 4 is 11.3 Å². The predicted octanol–water partition coefficient (Wildman–Crippen LogP) is 3.86. The molecule has 1 aromatic heterocycles. The Morgan fingerprint density at radius 2 is 1.93 bits per heavy atom. The lowest BCUT2D eigenvalue weighted by molar-refractivity contribution is 0.825. The van der Waals surface area contributed by atoms with Gasteiger partial charge >= 0.3 is 0 Å². The molecule has 0 amide bonds. The molecule has 2 aromatic rings. The molecule has 0 aliphatic rings. The van der Waals surface area contributed by atoms with Crippen molar-refractivity contribution in [3.63, 3.8) is 0 Å². The van der Waals surface area contributed by atoms with Gasteiger partial charge < -0.3 is 0 Å². The summed E-state index contributed by atoms with van der Waals surface area (Å²) in [4.78, 5) is 4.62. The van der Waals surface area contributed by atoms with E-state index in [2.05, 4.69) is 48.5 Å². The average molecular weight is 217 g/mol. The van der Waals surface area contributed by atoms with Gasteiger partial charge in [0, 0.05) is 11.8 Å². The Balaban J connectivity index is 2.12. The van der Waals surface area contributed by atoms with Crippen molar-refractivity contribution in [1.29, 1.82) is 0 Å². The maximum absolute atomic E-state index is 4.62. The summed E-state index contributed by atoms with van der Waals surface area (Å²) in [7, 11) is 0. The summed E-state index contributed by atoms with van der Waals surface area (Å²) >= 11 is 1.76. The maximum Gasteiger partial charge on any atom is 0.0972 e. The van der Waals surface area contributed by atoms with Crippen molar-refractivity contribution in [1.82, 2.24) is 4.98 Å². The second-order valence-electron chi connectivity index (χ2n) is 3.98. The van der Waals surface area contributed by atoms with Crippen LogP contribution in [0, 0.1) is 0 Å². The van der Waals surface area contributed by atoms with Gasteiger partial charge in [-0.1, -0.05) is 44.2 Å². The number of rotatable bonds is 3. The van der Waals surface area contributed by atoms with Crippen molar-refractivity contribution in [2.75, 3.05) is 0 Å². The van der Waals surface area contributed by atoms with E-state index < -0.39 is 0 Å². The zero-order valence-electron chi connectivity index (χ0n) is 9.10. The third-order valence-electron chi connectivity index (χ3n) is 2.36. The molecule has 0 saturated heterocycles. The van der Waals surface area contributed by atoms with Crippen LogP contribution >= 0.6 is 11.3 Å².